The van der Waals surface area contributed by atoms with Gasteiger partial charge in [-0.1, -0.05) is 35.9 Å². The van der Waals surface area contributed by atoms with Crippen molar-refractivity contribution in [1.29, 1.82) is 0 Å². The summed E-state index contributed by atoms with van der Waals surface area (Å²) in [6.07, 6.45) is -1.59. The normalized spacial score (nSPS) is 14.9. The first-order chi connectivity index (χ1) is 16.2. The van der Waals surface area contributed by atoms with Gasteiger partial charge in [-0.3, -0.25) is 9.59 Å². The lowest BCUT2D eigenvalue weighted by molar-refractivity contribution is -0.150. The van der Waals surface area contributed by atoms with Crippen LogP contribution in [0.3, 0.4) is 0 Å². The second kappa shape index (κ2) is 11.0. The van der Waals surface area contributed by atoms with Crippen LogP contribution in [0.25, 0.3) is 17.2 Å². The first-order valence-corrected chi connectivity index (χ1v) is 11.2. The van der Waals surface area contributed by atoms with Gasteiger partial charge >= 0.3 is 12.1 Å². The van der Waals surface area contributed by atoms with Crippen molar-refractivity contribution in [2.45, 2.75) is 25.9 Å². The number of alkyl halides is 3. The Labute approximate surface area is 201 Å². The van der Waals surface area contributed by atoms with Gasteiger partial charge in [0, 0.05) is 24.7 Å². The number of piperidine rings is 1. The van der Waals surface area contributed by atoms with Gasteiger partial charge < -0.3 is 14.4 Å². The molecule has 1 fully saturated rings. The smallest absolute Gasteiger partial charge is 0.418 e. The van der Waals surface area contributed by atoms with Gasteiger partial charge in [-0.25, -0.2) is 0 Å². The Balaban J connectivity index is 1.93. The van der Waals surface area contributed by atoms with Crippen molar-refractivity contribution in [3.05, 3.63) is 58.6 Å². The van der Waals surface area contributed by atoms with Crippen LogP contribution in [0.5, 0.6) is 5.75 Å². The molecule has 2 aromatic carbocycles. The molecule has 1 amide bonds. The molecule has 0 N–H and O–H groups in total. The molecule has 0 atom stereocenters. The van der Waals surface area contributed by atoms with Crippen molar-refractivity contribution in [1.82, 2.24) is 4.90 Å². The number of amides is 1. The summed E-state index contributed by atoms with van der Waals surface area (Å²) < 4.78 is 52.2. The molecule has 1 heterocycles. The van der Waals surface area contributed by atoms with E-state index < -0.39 is 22.7 Å². The third kappa shape index (κ3) is 5.73. The highest BCUT2D eigenvalue weighted by atomic mass is 35.5. The number of esters is 1. The number of benzene rings is 2. The number of carbonyl (C=O) groups is 2. The molecule has 0 saturated carbocycles. The second-order valence-electron chi connectivity index (χ2n) is 7.77. The van der Waals surface area contributed by atoms with Crippen LogP contribution in [0.4, 0.5) is 13.2 Å². The zero-order valence-electron chi connectivity index (χ0n) is 18.8. The molecule has 0 aromatic heterocycles. The van der Waals surface area contributed by atoms with Gasteiger partial charge in [0.15, 0.2) is 0 Å². The Kier molecular flexibility index (Phi) is 8.25. The van der Waals surface area contributed by atoms with Gasteiger partial charge in [-0.15, -0.1) is 0 Å². The molecule has 34 heavy (non-hydrogen) atoms. The van der Waals surface area contributed by atoms with E-state index in [4.69, 9.17) is 21.1 Å². The zero-order chi connectivity index (χ0) is 24.9. The average molecular weight is 496 g/mol. The third-order valence-electron chi connectivity index (χ3n) is 5.69. The maximum absolute atomic E-state index is 14.0. The third-order valence-corrected chi connectivity index (χ3v) is 6.01. The van der Waals surface area contributed by atoms with Crippen molar-refractivity contribution >= 4 is 29.6 Å². The number of rotatable bonds is 6. The van der Waals surface area contributed by atoms with E-state index in [9.17, 15) is 22.8 Å². The van der Waals surface area contributed by atoms with E-state index in [1.54, 1.807) is 31.2 Å². The quantitative estimate of drug-likeness (QED) is 0.372. The lowest BCUT2D eigenvalue weighted by Crippen LogP contribution is -2.39. The molecule has 9 heteroatoms. The SMILES string of the molecule is CCOC(=O)C1CCN(C(=O)/C=C/c2c(-c3ccccc3OC)ccc(Cl)c2C(F)(F)F)CC1. The number of likely N-dealkylation sites (tertiary alicyclic amines) is 1. The summed E-state index contributed by atoms with van der Waals surface area (Å²) in [7, 11) is 1.43. The molecule has 3 rings (SSSR count). The number of carbonyl (C=O) groups excluding carboxylic acids is 2. The lowest BCUT2D eigenvalue weighted by atomic mass is 9.93. The van der Waals surface area contributed by atoms with Gasteiger partial charge in [0.1, 0.15) is 5.75 Å². The summed E-state index contributed by atoms with van der Waals surface area (Å²) >= 11 is 5.96. The summed E-state index contributed by atoms with van der Waals surface area (Å²) in [6, 6.07) is 9.34. The number of hydrogen-bond donors (Lipinski definition) is 0. The van der Waals surface area contributed by atoms with Crippen molar-refractivity contribution in [2.24, 2.45) is 5.92 Å². The van der Waals surface area contributed by atoms with E-state index in [-0.39, 0.29) is 29.6 Å². The molecular weight excluding hydrogens is 471 g/mol. The molecule has 2 aromatic rings. The molecule has 1 saturated heterocycles. The predicted octanol–water partition coefficient (Wildman–Crippen LogP) is 5.85. The molecule has 182 valence electrons. The summed E-state index contributed by atoms with van der Waals surface area (Å²) in [4.78, 5) is 26.2. The summed E-state index contributed by atoms with van der Waals surface area (Å²) in [5.74, 6) is -0.628. The largest absolute Gasteiger partial charge is 0.496 e. The van der Waals surface area contributed by atoms with Gasteiger partial charge in [0.05, 0.1) is 30.2 Å². The number of ether oxygens (including phenoxy) is 2. The second-order valence-corrected chi connectivity index (χ2v) is 8.17. The van der Waals surface area contributed by atoms with E-state index in [1.807, 2.05) is 0 Å². The van der Waals surface area contributed by atoms with Crippen molar-refractivity contribution in [3.63, 3.8) is 0 Å². The molecule has 0 spiro atoms. The molecular formula is C25H25ClF3NO4. The Morgan fingerprint density at radius 1 is 1.12 bits per heavy atom. The van der Waals surface area contributed by atoms with E-state index in [0.717, 1.165) is 12.2 Å². The highest BCUT2D eigenvalue weighted by Gasteiger charge is 2.37. The van der Waals surface area contributed by atoms with E-state index in [0.29, 0.717) is 37.2 Å². The maximum atomic E-state index is 14.0. The number of nitrogens with zero attached hydrogens (tertiary/aromatic N) is 1. The van der Waals surface area contributed by atoms with E-state index >= 15 is 0 Å². The zero-order valence-corrected chi connectivity index (χ0v) is 19.6. The minimum atomic E-state index is -4.74. The minimum absolute atomic E-state index is 0.223. The first-order valence-electron chi connectivity index (χ1n) is 10.8. The average Bonchev–Trinajstić information content (AvgIpc) is 2.82. The number of para-hydroxylation sites is 1. The Hall–Kier alpha value is -3.00. The Bertz CT molecular complexity index is 1080. The van der Waals surface area contributed by atoms with Crippen LogP contribution >= 0.6 is 11.6 Å². The minimum Gasteiger partial charge on any atom is -0.496 e. The van der Waals surface area contributed by atoms with Gasteiger partial charge in [0.2, 0.25) is 5.91 Å². The van der Waals surface area contributed by atoms with Crippen LogP contribution in [0, 0.1) is 5.92 Å². The number of methoxy groups -OCH3 is 1. The Morgan fingerprint density at radius 3 is 2.41 bits per heavy atom. The molecule has 0 bridgehead atoms. The van der Waals surface area contributed by atoms with Crippen molar-refractivity contribution < 1.29 is 32.2 Å². The molecule has 1 aliphatic rings. The standard InChI is InChI=1S/C25H25ClF3NO4/c1-3-34-24(32)16-12-14-30(15-13-16)22(31)11-9-19-17(18-6-4-5-7-21(18)33-2)8-10-20(26)23(19)25(27,28)29/h4-11,16H,3,12-15H2,1-2H3/b11-9+. The summed E-state index contributed by atoms with van der Waals surface area (Å²) in [6.45, 7) is 2.64. The van der Waals surface area contributed by atoms with Gasteiger partial charge in [-0.2, -0.15) is 13.2 Å². The lowest BCUT2D eigenvalue weighted by Gasteiger charge is -2.30. The fourth-order valence-corrected chi connectivity index (χ4v) is 4.28. The fourth-order valence-electron chi connectivity index (χ4n) is 4.01. The molecule has 0 radical (unpaired) electrons. The van der Waals surface area contributed by atoms with Crippen LogP contribution in [-0.2, 0) is 20.5 Å². The monoisotopic (exact) mass is 495 g/mol. The van der Waals surface area contributed by atoms with Crippen LogP contribution in [0.1, 0.15) is 30.9 Å². The first kappa shape index (κ1) is 25.6. The Morgan fingerprint density at radius 2 is 1.79 bits per heavy atom. The highest BCUT2D eigenvalue weighted by Crippen LogP contribution is 2.43. The predicted molar refractivity (Wildman–Crippen MR) is 123 cm³/mol. The molecule has 5 nitrogen and oxygen atoms in total. The van der Waals surface area contributed by atoms with E-state index in [1.165, 1.54) is 24.1 Å². The topological polar surface area (TPSA) is 55.8 Å². The highest BCUT2D eigenvalue weighted by molar-refractivity contribution is 6.31. The van der Waals surface area contributed by atoms with Crippen molar-refractivity contribution in [3.8, 4) is 16.9 Å². The van der Waals surface area contributed by atoms with Gasteiger partial charge in [0.25, 0.3) is 0 Å². The molecule has 0 aliphatic carbocycles. The van der Waals surface area contributed by atoms with Gasteiger partial charge in [-0.05, 0) is 49.1 Å². The molecule has 1 aliphatic heterocycles. The fraction of sp³-hybridized carbons (Fsp3) is 0.360. The van der Waals surface area contributed by atoms with Crippen LogP contribution in [-0.4, -0.2) is 43.6 Å². The summed E-state index contributed by atoms with van der Waals surface area (Å²) in [5.41, 5.74) is -0.573. The number of hydrogen-bond acceptors (Lipinski definition) is 4. The molecule has 0 unspecified atom stereocenters. The van der Waals surface area contributed by atoms with Crippen LogP contribution in [0.2, 0.25) is 5.02 Å². The number of halogens is 4. The van der Waals surface area contributed by atoms with Crippen LogP contribution < -0.4 is 4.74 Å². The summed E-state index contributed by atoms with van der Waals surface area (Å²) in [5, 5.41) is -0.464. The van der Waals surface area contributed by atoms with Crippen molar-refractivity contribution in [2.75, 3.05) is 26.8 Å². The maximum Gasteiger partial charge on any atom is 0.418 e. The van der Waals surface area contributed by atoms with Crippen LogP contribution in [0.15, 0.2) is 42.5 Å². The van der Waals surface area contributed by atoms with E-state index in [2.05, 4.69) is 0 Å².